The van der Waals surface area contributed by atoms with Crippen LogP contribution in [0, 0.1) is 17.3 Å². The van der Waals surface area contributed by atoms with Gasteiger partial charge in [-0.2, -0.15) is 0 Å². The van der Waals surface area contributed by atoms with E-state index in [1.807, 2.05) is 0 Å². The summed E-state index contributed by atoms with van der Waals surface area (Å²) >= 11 is 0. The Balaban J connectivity index is 2.32. The minimum atomic E-state index is 0.354. The van der Waals surface area contributed by atoms with Crippen molar-refractivity contribution in [1.29, 1.82) is 0 Å². The normalized spacial score (nSPS) is 19.1. The lowest BCUT2D eigenvalue weighted by molar-refractivity contribution is -0.133. The number of likely N-dealkylation sites (tertiary alicyclic amines) is 1. The highest BCUT2D eigenvalue weighted by atomic mass is 16.2. The van der Waals surface area contributed by atoms with Crippen LogP contribution < -0.4 is 5.73 Å². The summed E-state index contributed by atoms with van der Waals surface area (Å²) in [6, 6.07) is 0. The van der Waals surface area contributed by atoms with Crippen molar-refractivity contribution in [2.24, 2.45) is 23.0 Å². The zero-order valence-electron chi connectivity index (χ0n) is 14.0. The van der Waals surface area contributed by atoms with Gasteiger partial charge in [-0.05, 0) is 49.5 Å². The van der Waals surface area contributed by atoms with Crippen LogP contribution >= 0.6 is 0 Å². The number of nitrogens with two attached hydrogens (primary N) is 1. The Bertz CT molecular complexity index is 288. The molecule has 0 bridgehead atoms. The number of piperidine rings is 1. The standard InChI is InChI=1S/C17H34N2O/c1-5-14(8-11-18)6-7-16(20)19-12-9-15(10-13-19)17(2,3)4/h14-15H,5-13,18H2,1-4H3. The smallest absolute Gasteiger partial charge is 0.222 e. The molecular formula is C17H34N2O. The number of carbonyl (C=O) groups excluding carboxylic acids is 1. The van der Waals surface area contributed by atoms with Crippen molar-refractivity contribution in [3.8, 4) is 0 Å². The first-order chi connectivity index (χ1) is 9.38. The average Bonchev–Trinajstić information content (AvgIpc) is 2.42. The van der Waals surface area contributed by atoms with Crippen LogP contribution in [0.3, 0.4) is 0 Å². The quantitative estimate of drug-likeness (QED) is 0.811. The summed E-state index contributed by atoms with van der Waals surface area (Å²) in [5.41, 5.74) is 5.99. The molecule has 1 fully saturated rings. The number of hydrogen-bond acceptors (Lipinski definition) is 2. The highest BCUT2D eigenvalue weighted by molar-refractivity contribution is 5.76. The monoisotopic (exact) mass is 282 g/mol. The van der Waals surface area contributed by atoms with Gasteiger partial charge in [-0.3, -0.25) is 4.79 Å². The zero-order chi connectivity index (χ0) is 15.2. The van der Waals surface area contributed by atoms with Crippen LogP contribution in [0.1, 0.15) is 66.2 Å². The topological polar surface area (TPSA) is 46.3 Å². The number of rotatable bonds is 6. The van der Waals surface area contributed by atoms with E-state index in [-0.39, 0.29) is 0 Å². The zero-order valence-corrected chi connectivity index (χ0v) is 14.0. The van der Waals surface area contributed by atoms with E-state index < -0.39 is 0 Å². The van der Waals surface area contributed by atoms with E-state index in [0.29, 0.717) is 23.7 Å². The predicted octanol–water partition coefficient (Wildman–Crippen LogP) is 3.43. The van der Waals surface area contributed by atoms with Crippen molar-refractivity contribution >= 4 is 5.91 Å². The van der Waals surface area contributed by atoms with Gasteiger partial charge in [-0.1, -0.05) is 34.1 Å². The fourth-order valence-electron chi connectivity index (χ4n) is 3.27. The summed E-state index contributed by atoms with van der Waals surface area (Å²) in [7, 11) is 0. The molecule has 0 spiro atoms. The SMILES string of the molecule is CCC(CCN)CCC(=O)N1CCC(C(C)(C)C)CC1. The largest absolute Gasteiger partial charge is 0.343 e. The van der Waals surface area contributed by atoms with Gasteiger partial charge >= 0.3 is 0 Å². The molecule has 1 heterocycles. The molecule has 3 heteroatoms. The van der Waals surface area contributed by atoms with Crippen molar-refractivity contribution in [2.45, 2.75) is 66.2 Å². The predicted molar refractivity (Wildman–Crippen MR) is 85.4 cm³/mol. The van der Waals surface area contributed by atoms with E-state index in [1.165, 1.54) is 0 Å². The summed E-state index contributed by atoms with van der Waals surface area (Å²) in [6.07, 6.45) is 6.22. The Morgan fingerprint density at radius 2 is 1.85 bits per heavy atom. The van der Waals surface area contributed by atoms with Crippen LogP contribution in [-0.4, -0.2) is 30.4 Å². The van der Waals surface area contributed by atoms with E-state index >= 15 is 0 Å². The molecule has 0 aliphatic carbocycles. The molecule has 1 aliphatic heterocycles. The molecule has 118 valence electrons. The summed E-state index contributed by atoms with van der Waals surface area (Å²) in [5, 5.41) is 0. The molecule has 0 aromatic rings. The van der Waals surface area contributed by atoms with Gasteiger partial charge in [0, 0.05) is 19.5 Å². The molecule has 1 rings (SSSR count). The lowest BCUT2D eigenvalue weighted by Crippen LogP contribution is -2.41. The van der Waals surface area contributed by atoms with Gasteiger partial charge in [0.25, 0.3) is 0 Å². The molecule has 0 saturated carbocycles. The fraction of sp³-hybridized carbons (Fsp3) is 0.941. The van der Waals surface area contributed by atoms with Gasteiger partial charge < -0.3 is 10.6 Å². The second kappa shape index (κ2) is 8.02. The molecule has 0 aromatic carbocycles. The van der Waals surface area contributed by atoms with Crippen LogP contribution in [0.4, 0.5) is 0 Å². The summed E-state index contributed by atoms with van der Waals surface area (Å²) in [4.78, 5) is 14.4. The molecule has 0 radical (unpaired) electrons. The Hall–Kier alpha value is -0.570. The Kier molecular flexibility index (Phi) is 7.01. The van der Waals surface area contributed by atoms with E-state index in [1.54, 1.807) is 0 Å². The van der Waals surface area contributed by atoms with Gasteiger partial charge in [0.1, 0.15) is 0 Å². The van der Waals surface area contributed by atoms with Crippen molar-refractivity contribution < 1.29 is 4.79 Å². The third-order valence-corrected chi connectivity index (χ3v) is 4.99. The second-order valence-corrected chi connectivity index (χ2v) is 7.41. The van der Waals surface area contributed by atoms with Crippen LogP contribution in [0.5, 0.6) is 0 Å². The average molecular weight is 282 g/mol. The first-order valence-corrected chi connectivity index (χ1v) is 8.36. The molecule has 3 nitrogen and oxygen atoms in total. The Morgan fingerprint density at radius 1 is 1.25 bits per heavy atom. The van der Waals surface area contributed by atoms with Crippen LogP contribution in [0.15, 0.2) is 0 Å². The number of amides is 1. The first kappa shape index (κ1) is 17.5. The molecule has 2 N–H and O–H groups in total. The maximum Gasteiger partial charge on any atom is 0.222 e. The third-order valence-electron chi connectivity index (χ3n) is 4.99. The van der Waals surface area contributed by atoms with Gasteiger partial charge in [-0.25, -0.2) is 0 Å². The van der Waals surface area contributed by atoms with Crippen LogP contribution in [0.2, 0.25) is 0 Å². The van der Waals surface area contributed by atoms with E-state index in [4.69, 9.17) is 5.73 Å². The van der Waals surface area contributed by atoms with E-state index in [2.05, 4.69) is 32.6 Å². The summed E-state index contributed by atoms with van der Waals surface area (Å²) in [5.74, 6) is 1.73. The van der Waals surface area contributed by atoms with Crippen LogP contribution in [0.25, 0.3) is 0 Å². The summed E-state index contributed by atoms with van der Waals surface area (Å²) < 4.78 is 0. The lowest BCUT2D eigenvalue weighted by atomic mass is 9.75. The van der Waals surface area contributed by atoms with Crippen molar-refractivity contribution in [3.05, 3.63) is 0 Å². The molecule has 1 unspecified atom stereocenters. The number of nitrogens with zero attached hydrogens (tertiary/aromatic N) is 1. The van der Waals surface area contributed by atoms with Gasteiger partial charge in [-0.15, -0.1) is 0 Å². The highest BCUT2D eigenvalue weighted by Crippen LogP contribution is 2.34. The molecule has 0 aromatic heterocycles. The third kappa shape index (κ3) is 5.43. The van der Waals surface area contributed by atoms with Gasteiger partial charge in [0.15, 0.2) is 0 Å². The molecule has 1 atom stereocenters. The highest BCUT2D eigenvalue weighted by Gasteiger charge is 2.30. The van der Waals surface area contributed by atoms with E-state index in [9.17, 15) is 4.79 Å². The minimum Gasteiger partial charge on any atom is -0.343 e. The number of carbonyl (C=O) groups is 1. The molecular weight excluding hydrogens is 248 g/mol. The lowest BCUT2D eigenvalue weighted by Gasteiger charge is -2.39. The van der Waals surface area contributed by atoms with Crippen LogP contribution in [-0.2, 0) is 4.79 Å². The van der Waals surface area contributed by atoms with E-state index in [0.717, 1.165) is 57.7 Å². The second-order valence-electron chi connectivity index (χ2n) is 7.41. The molecule has 20 heavy (non-hydrogen) atoms. The fourth-order valence-corrected chi connectivity index (χ4v) is 3.27. The first-order valence-electron chi connectivity index (χ1n) is 8.36. The number of hydrogen-bond donors (Lipinski definition) is 1. The van der Waals surface area contributed by atoms with Gasteiger partial charge in [0.05, 0.1) is 0 Å². The van der Waals surface area contributed by atoms with Crippen molar-refractivity contribution in [3.63, 3.8) is 0 Å². The van der Waals surface area contributed by atoms with Crippen molar-refractivity contribution in [2.75, 3.05) is 19.6 Å². The van der Waals surface area contributed by atoms with Gasteiger partial charge in [0.2, 0.25) is 5.91 Å². The Morgan fingerprint density at radius 3 is 2.30 bits per heavy atom. The molecule has 1 amide bonds. The molecule has 1 aliphatic rings. The maximum atomic E-state index is 12.3. The Labute approximate surface area is 125 Å². The molecule has 1 saturated heterocycles. The minimum absolute atomic E-state index is 0.354. The summed E-state index contributed by atoms with van der Waals surface area (Å²) in [6.45, 7) is 11.8. The maximum absolute atomic E-state index is 12.3. The van der Waals surface area contributed by atoms with Crippen molar-refractivity contribution in [1.82, 2.24) is 4.90 Å².